The number of hydrogen-bond donors (Lipinski definition) is 1. The van der Waals surface area contributed by atoms with Crippen molar-refractivity contribution < 1.29 is 9.59 Å². The maximum atomic E-state index is 13.7. The van der Waals surface area contributed by atoms with Crippen LogP contribution in [0.25, 0.3) is 0 Å². The van der Waals surface area contributed by atoms with Crippen molar-refractivity contribution in [1.82, 2.24) is 9.78 Å². The highest BCUT2D eigenvalue weighted by Crippen LogP contribution is 2.52. The molecule has 3 heterocycles. The maximum Gasteiger partial charge on any atom is 0.242 e. The first kappa shape index (κ1) is 16.8. The van der Waals surface area contributed by atoms with Crippen molar-refractivity contribution in [2.24, 2.45) is 5.92 Å². The van der Waals surface area contributed by atoms with E-state index < -0.39 is 5.41 Å². The quantitative estimate of drug-likeness (QED) is 0.923. The zero-order valence-electron chi connectivity index (χ0n) is 15.6. The molecule has 136 valence electrons. The molecule has 0 bridgehead atoms. The Balaban J connectivity index is 1.97. The van der Waals surface area contributed by atoms with E-state index in [9.17, 15) is 9.59 Å². The number of carbonyl (C=O) groups excluding carboxylic acids is 2. The summed E-state index contributed by atoms with van der Waals surface area (Å²) in [7, 11) is 0. The summed E-state index contributed by atoms with van der Waals surface area (Å²) in [5.74, 6) is 0.810. The molecule has 6 nitrogen and oxygen atoms in total. The summed E-state index contributed by atoms with van der Waals surface area (Å²) < 4.78 is 1.79. The molecule has 0 fully saturated rings. The molecule has 0 aliphatic carbocycles. The third kappa shape index (κ3) is 2.14. The van der Waals surface area contributed by atoms with Gasteiger partial charge in [-0.05, 0) is 31.4 Å². The van der Waals surface area contributed by atoms with Gasteiger partial charge in [0.25, 0.3) is 0 Å². The van der Waals surface area contributed by atoms with Crippen LogP contribution in [0.15, 0.2) is 30.5 Å². The Morgan fingerprint density at radius 2 is 1.88 bits per heavy atom. The first-order chi connectivity index (χ1) is 12.4. The molecule has 1 aromatic carbocycles. The number of amides is 2. The summed E-state index contributed by atoms with van der Waals surface area (Å²) >= 11 is 0. The number of rotatable bonds is 3. The average molecular weight is 352 g/mol. The number of hydrogen-bond acceptors (Lipinski definition) is 3. The molecule has 0 radical (unpaired) electrons. The van der Waals surface area contributed by atoms with Gasteiger partial charge in [-0.1, -0.05) is 32.0 Å². The second kappa shape index (κ2) is 5.69. The Morgan fingerprint density at radius 1 is 1.15 bits per heavy atom. The lowest BCUT2D eigenvalue weighted by molar-refractivity contribution is -0.126. The predicted octanol–water partition coefficient (Wildman–Crippen LogP) is 3.09. The zero-order valence-corrected chi connectivity index (χ0v) is 15.6. The molecular weight excluding hydrogens is 328 g/mol. The fraction of sp³-hybridized carbons (Fsp3) is 0.450. The molecule has 0 saturated carbocycles. The molecule has 2 amide bonds. The molecule has 4 rings (SSSR count). The predicted molar refractivity (Wildman–Crippen MR) is 100 cm³/mol. The molecule has 1 aromatic heterocycles. The fourth-order valence-corrected chi connectivity index (χ4v) is 4.21. The Hall–Kier alpha value is -2.63. The number of carbonyl (C=O) groups is 2. The standard InChI is InChI=1S/C20H24N4O2/c1-12(2)11-23-16-8-6-5-7-14(16)20(19(23)26)9-17(25)22-18-15(20)10-21-24(18)13(3)4/h5-8,10,12-13H,9,11H2,1-4H3,(H,22,25). The minimum atomic E-state index is -0.976. The van der Waals surface area contributed by atoms with Gasteiger partial charge < -0.3 is 10.2 Å². The summed E-state index contributed by atoms with van der Waals surface area (Å²) in [6.45, 7) is 8.84. The minimum absolute atomic E-state index is 0.0215. The molecule has 1 atom stereocenters. The van der Waals surface area contributed by atoms with Crippen LogP contribution in [-0.2, 0) is 15.0 Å². The van der Waals surface area contributed by atoms with Gasteiger partial charge in [0.2, 0.25) is 11.8 Å². The topological polar surface area (TPSA) is 67.2 Å². The molecule has 2 aliphatic heterocycles. The molecule has 2 aliphatic rings. The van der Waals surface area contributed by atoms with Crippen molar-refractivity contribution in [2.45, 2.75) is 45.6 Å². The van der Waals surface area contributed by atoms with Gasteiger partial charge in [0.15, 0.2) is 0 Å². The number of para-hydroxylation sites is 1. The Morgan fingerprint density at radius 3 is 2.58 bits per heavy atom. The number of fused-ring (bicyclic) bond motifs is 4. The van der Waals surface area contributed by atoms with E-state index in [0.29, 0.717) is 18.3 Å². The van der Waals surface area contributed by atoms with Crippen molar-refractivity contribution in [3.63, 3.8) is 0 Å². The molecule has 1 spiro atoms. The highest BCUT2D eigenvalue weighted by molar-refractivity contribution is 6.15. The van der Waals surface area contributed by atoms with E-state index in [1.807, 2.05) is 43.0 Å². The van der Waals surface area contributed by atoms with Gasteiger partial charge >= 0.3 is 0 Å². The summed E-state index contributed by atoms with van der Waals surface area (Å²) in [6, 6.07) is 7.92. The van der Waals surface area contributed by atoms with Crippen LogP contribution in [0.1, 0.15) is 51.3 Å². The normalized spacial score (nSPS) is 21.5. The molecule has 1 unspecified atom stereocenters. The summed E-state index contributed by atoms with van der Waals surface area (Å²) in [6.07, 6.45) is 1.87. The third-order valence-corrected chi connectivity index (χ3v) is 5.24. The number of nitrogens with one attached hydrogen (secondary N) is 1. The van der Waals surface area contributed by atoms with Gasteiger partial charge in [-0.2, -0.15) is 5.10 Å². The van der Waals surface area contributed by atoms with Crippen molar-refractivity contribution in [3.05, 3.63) is 41.6 Å². The average Bonchev–Trinajstić information content (AvgIpc) is 3.10. The van der Waals surface area contributed by atoms with Crippen LogP contribution >= 0.6 is 0 Å². The van der Waals surface area contributed by atoms with Crippen LogP contribution in [0.3, 0.4) is 0 Å². The summed E-state index contributed by atoms with van der Waals surface area (Å²) in [4.78, 5) is 28.1. The smallest absolute Gasteiger partial charge is 0.242 e. The summed E-state index contributed by atoms with van der Waals surface area (Å²) in [5, 5.41) is 7.41. The van der Waals surface area contributed by atoms with Gasteiger partial charge in [0.05, 0.1) is 6.20 Å². The molecule has 2 aromatic rings. The second-order valence-corrected chi connectivity index (χ2v) is 7.90. The van der Waals surface area contributed by atoms with Gasteiger partial charge in [-0.15, -0.1) is 0 Å². The van der Waals surface area contributed by atoms with Gasteiger partial charge in [0.1, 0.15) is 11.2 Å². The maximum absolute atomic E-state index is 13.7. The van der Waals surface area contributed by atoms with Gasteiger partial charge in [-0.3, -0.25) is 9.59 Å². The zero-order chi connectivity index (χ0) is 18.6. The minimum Gasteiger partial charge on any atom is -0.311 e. The van der Waals surface area contributed by atoms with Crippen molar-refractivity contribution in [1.29, 1.82) is 0 Å². The van der Waals surface area contributed by atoms with Crippen molar-refractivity contribution in [3.8, 4) is 0 Å². The van der Waals surface area contributed by atoms with Crippen LogP contribution in [0.4, 0.5) is 11.5 Å². The van der Waals surface area contributed by atoms with Crippen LogP contribution in [0.5, 0.6) is 0 Å². The lowest BCUT2D eigenvalue weighted by Gasteiger charge is -2.33. The van der Waals surface area contributed by atoms with Gasteiger partial charge in [-0.25, -0.2) is 4.68 Å². The number of benzene rings is 1. The van der Waals surface area contributed by atoms with Gasteiger partial charge in [0, 0.05) is 30.3 Å². The first-order valence-electron chi connectivity index (χ1n) is 9.15. The lowest BCUT2D eigenvalue weighted by atomic mass is 9.72. The SMILES string of the molecule is CC(C)CN1C(=O)C2(CC(=O)Nc3c2cnn3C(C)C)c2ccccc21. The molecule has 26 heavy (non-hydrogen) atoms. The molecule has 0 saturated heterocycles. The van der Waals surface area contributed by atoms with E-state index in [0.717, 1.165) is 16.8 Å². The van der Waals surface area contributed by atoms with Crippen LogP contribution in [0, 0.1) is 5.92 Å². The van der Waals surface area contributed by atoms with Crippen LogP contribution in [0.2, 0.25) is 0 Å². The molecule has 6 heteroatoms. The van der Waals surface area contributed by atoms with Crippen LogP contribution < -0.4 is 10.2 Å². The van der Waals surface area contributed by atoms with E-state index in [2.05, 4.69) is 24.3 Å². The Labute approximate surface area is 153 Å². The first-order valence-corrected chi connectivity index (χ1v) is 9.15. The van der Waals surface area contributed by atoms with Crippen molar-refractivity contribution in [2.75, 3.05) is 16.8 Å². The van der Waals surface area contributed by atoms with Crippen LogP contribution in [-0.4, -0.2) is 28.1 Å². The van der Waals surface area contributed by atoms with E-state index >= 15 is 0 Å². The van der Waals surface area contributed by atoms with E-state index in [1.165, 1.54) is 0 Å². The fourth-order valence-electron chi connectivity index (χ4n) is 4.21. The van der Waals surface area contributed by atoms with E-state index in [4.69, 9.17) is 0 Å². The highest BCUT2D eigenvalue weighted by Gasteiger charge is 2.57. The number of aromatic nitrogens is 2. The Bertz CT molecular complexity index is 899. The van der Waals surface area contributed by atoms with Crippen molar-refractivity contribution >= 4 is 23.3 Å². The lowest BCUT2D eigenvalue weighted by Crippen LogP contribution is -2.47. The van der Waals surface area contributed by atoms with E-state index in [-0.39, 0.29) is 24.3 Å². The second-order valence-electron chi connectivity index (χ2n) is 7.90. The number of anilines is 2. The third-order valence-electron chi connectivity index (χ3n) is 5.24. The largest absolute Gasteiger partial charge is 0.311 e. The highest BCUT2D eigenvalue weighted by atomic mass is 16.2. The number of nitrogens with zero attached hydrogens (tertiary/aromatic N) is 3. The van der Waals surface area contributed by atoms with E-state index in [1.54, 1.807) is 10.9 Å². The molecular formula is C20H24N4O2. The monoisotopic (exact) mass is 352 g/mol. The Kier molecular flexibility index (Phi) is 3.68. The summed E-state index contributed by atoms with van der Waals surface area (Å²) in [5.41, 5.74) is 1.64. The molecule has 1 N–H and O–H groups in total.